The summed E-state index contributed by atoms with van der Waals surface area (Å²) in [5.41, 5.74) is 2.62. The molecular weight excluding hydrogens is 499 g/mol. The first kappa shape index (κ1) is 24.0. The summed E-state index contributed by atoms with van der Waals surface area (Å²) in [7, 11) is 6.11. The van der Waals surface area contributed by atoms with Gasteiger partial charge in [0.15, 0.2) is 5.96 Å². The Balaban J connectivity index is 0.00000300. The van der Waals surface area contributed by atoms with Crippen LogP contribution >= 0.6 is 35.6 Å². The van der Waals surface area contributed by atoms with Crippen molar-refractivity contribution >= 4 is 41.5 Å². The van der Waals surface area contributed by atoms with Crippen molar-refractivity contribution in [3.05, 3.63) is 52.8 Å². The fourth-order valence-corrected chi connectivity index (χ4v) is 3.67. The Kier molecular flexibility index (Phi) is 8.78. The molecule has 1 aromatic heterocycles. The van der Waals surface area contributed by atoms with Crippen molar-refractivity contribution in [2.24, 2.45) is 12.0 Å². The third-order valence-electron chi connectivity index (χ3n) is 5.37. The number of halogens is 2. The minimum Gasteiger partial charge on any atom is -0.357 e. The van der Waals surface area contributed by atoms with Gasteiger partial charge in [0, 0.05) is 42.3 Å². The quantitative estimate of drug-likeness (QED) is 0.311. The second-order valence-corrected chi connectivity index (χ2v) is 8.23. The van der Waals surface area contributed by atoms with Crippen LogP contribution in [0.5, 0.6) is 0 Å². The molecule has 1 heterocycles. The Morgan fingerprint density at radius 1 is 1.34 bits per heavy atom. The number of hydrogen-bond donors (Lipinski definition) is 2. The van der Waals surface area contributed by atoms with Crippen LogP contribution in [0.3, 0.4) is 0 Å². The van der Waals surface area contributed by atoms with E-state index in [1.54, 1.807) is 0 Å². The molecule has 1 aliphatic carbocycles. The molecule has 2 N–H and O–H groups in total. The Morgan fingerprint density at radius 2 is 2.10 bits per heavy atom. The molecule has 29 heavy (non-hydrogen) atoms. The van der Waals surface area contributed by atoms with Crippen molar-refractivity contribution in [2.45, 2.75) is 31.2 Å². The van der Waals surface area contributed by atoms with Gasteiger partial charge < -0.3 is 15.5 Å². The van der Waals surface area contributed by atoms with Gasteiger partial charge >= 0.3 is 0 Å². The maximum absolute atomic E-state index is 6.19. The molecule has 0 spiro atoms. The largest absolute Gasteiger partial charge is 0.357 e. The van der Waals surface area contributed by atoms with E-state index < -0.39 is 0 Å². The third-order valence-corrected chi connectivity index (χ3v) is 5.61. The standard InChI is InChI=1S/C21H31ClN6.HI/c1-5-23-20(24-13-19(27(2)3)16-12-26-28(4)14-16)25-15-21(9-10-21)17-7-6-8-18(22)11-17;/h6-8,11-12,14,19H,5,9-10,13,15H2,1-4H3,(H2,23,24,25);1H. The van der Waals surface area contributed by atoms with Crippen LogP contribution < -0.4 is 10.6 Å². The highest BCUT2D eigenvalue weighted by atomic mass is 127. The van der Waals surface area contributed by atoms with E-state index in [-0.39, 0.29) is 35.4 Å². The lowest BCUT2D eigenvalue weighted by Crippen LogP contribution is -2.42. The zero-order chi connectivity index (χ0) is 20.1. The van der Waals surface area contributed by atoms with E-state index >= 15 is 0 Å². The summed E-state index contributed by atoms with van der Waals surface area (Å²) in [5, 5.41) is 12.0. The van der Waals surface area contributed by atoms with Gasteiger partial charge in [-0.3, -0.25) is 9.67 Å². The van der Waals surface area contributed by atoms with Crippen molar-refractivity contribution in [3.8, 4) is 0 Å². The predicted molar refractivity (Wildman–Crippen MR) is 131 cm³/mol. The van der Waals surface area contributed by atoms with Crippen LogP contribution in [0.25, 0.3) is 0 Å². The SMILES string of the molecule is CCNC(=NCC1(c2cccc(Cl)c2)CC1)NCC(c1cnn(C)c1)N(C)C.I. The molecule has 0 saturated heterocycles. The zero-order valence-electron chi connectivity index (χ0n) is 17.7. The lowest BCUT2D eigenvalue weighted by Gasteiger charge is -2.25. The maximum atomic E-state index is 6.19. The average molecular weight is 531 g/mol. The lowest BCUT2D eigenvalue weighted by molar-refractivity contribution is 0.298. The average Bonchev–Trinajstić information content (AvgIpc) is 3.34. The van der Waals surface area contributed by atoms with Crippen molar-refractivity contribution in [1.29, 1.82) is 0 Å². The molecule has 6 nitrogen and oxygen atoms in total. The second kappa shape index (κ2) is 10.6. The summed E-state index contributed by atoms with van der Waals surface area (Å²) in [6.07, 6.45) is 6.31. The van der Waals surface area contributed by atoms with Crippen molar-refractivity contribution in [1.82, 2.24) is 25.3 Å². The predicted octanol–water partition coefficient (Wildman–Crippen LogP) is 3.58. The first-order chi connectivity index (χ1) is 13.4. The molecule has 1 unspecified atom stereocenters. The molecule has 0 amide bonds. The van der Waals surface area contributed by atoms with Crippen LogP contribution in [0.4, 0.5) is 0 Å². The summed E-state index contributed by atoms with van der Waals surface area (Å²) >= 11 is 6.19. The molecule has 0 radical (unpaired) electrons. The minimum absolute atomic E-state index is 0. The molecule has 0 aliphatic heterocycles. The van der Waals surface area contributed by atoms with Crippen LogP contribution in [0.15, 0.2) is 41.7 Å². The van der Waals surface area contributed by atoms with Crippen molar-refractivity contribution < 1.29 is 0 Å². The molecule has 1 aromatic carbocycles. The molecule has 1 saturated carbocycles. The molecule has 8 heteroatoms. The molecule has 1 fully saturated rings. The summed E-state index contributed by atoms with van der Waals surface area (Å²) in [6, 6.07) is 8.42. The smallest absolute Gasteiger partial charge is 0.191 e. The molecule has 1 aliphatic rings. The van der Waals surface area contributed by atoms with Gasteiger partial charge in [-0.15, -0.1) is 24.0 Å². The number of likely N-dealkylation sites (N-methyl/N-ethyl adjacent to an activating group) is 1. The summed E-state index contributed by atoms with van der Waals surface area (Å²) in [5.74, 6) is 0.853. The van der Waals surface area contributed by atoms with E-state index in [0.29, 0.717) is 0 Å². The Hall–Kier alpha value is -1.32. The van der Waals surface area contributed by atoms with Gasteiger partial charge in [-0.1, -0.05) is 23.7 Å². The highest BCUT2D eigenvalue weighted by Gasteiger charge is 2.44. The summed E-state index contributed by atoms with van der Waals surface area (Å²) in [4.78, 5) is 7.09. The van der Waals surface area contributed by atoms with Crippen LogP contribution in [0.1, 0.15) is 36.9 Å². The van der Waals surface area contributed by atoms with E-state index in [1.165, 1.54) is 11.1 Å². The lowest BCUT2D eigenvalue weighted by atomic mass is 9.96. The normalized spacial score (nSPS) is 16.3. The van der Waals surface area contributed by atoms with Gasteiger partial charge in [0.25, 0.3) is 0 Å². The number of aliphatic imine (C=N–C) groups is 1. The van der Waals surface area contributed by atoms with Crippen molar-refractivity contribution in [3.63, 3.8) is 0 Å². The van der Waals surface area contributed by atoms with E-state index in [1.807, 2.05) is 30.1 Å². The Morgan fingerprint density at radius 3 is 2.66 bits per heavy atom. The maximum Gasteiger partial charge on any atom is 0.191 e. The fraction of sp³-hybridized carbons (Fsp3) is 0.524. The van der Waals surface area contributed by atoms with Crippen molar-refractivity contribution in [2.75, 3.05) is 33.7 Å². The highest BCUT2D eigenvalue weighted by Crippen LogP contribution is 2.48. The summed E-state index contributed by atoms with van der Waals surface area (Å²) < 4.78 is 1.84. The second-order valence-electron chi connectivity index (χ2n) is 7.79. The number of nitrogens with zero attached hydrogens (tertiary/aromatic N) is 4. The van der Waals surface area contributed by atoms with Gasteiger partial charge in [-0.05, 0) is 51.6 Å². The molecular formula is C21H32ClIN6. The van der Waals surface area contributed by atoms with E-state index in [2.05, 4.69) is 60.0 Å². The number of aromatic nitrogens is 2. The van der Waals surface area contributed by atoms with Gasteiger partial charge in [-0.25, -0.2) is 0 Å². The zero-order valence-corrected chi connectivity index (χ0v) is 20.7. The summed E-state index contributed by atoms with van der Waals surface area (Å²) in [6.45, 7) is 4.44. The van der Waals surface area contributed by atoms with E-state index in [9.17, 15) is 0 Å². The number of rotatable bonds is 8. The van der Waals surface area contributed by atoms with E-state index in [4.69, 9.17) is 16.6 Å². The number of guanidine groups is 1. The molecule has 160 valence electrons. The fourth-order valence-electron chi connectivity index (χ4n) is 3.48. The Bertz CT molecular complexity index is 815. The van der Waals surface area contributed by atoms with Gasteiger partial charge in [-0.2, -0.15) is 5.10 Å². The number of hydrogen-bond acceptors (Lipinski definition) is 3. The molecule has 1 atom stereocenters. The first-order valence-electron chi connectivity index (χ1n) is 9.87. The third kappa shape index (κ3) is 6.33. The van der Waals surface area contributed by atoms with Crippen LogP contribution in [0.2, 0.25) is 5.02 Å². The number of aryl methyl sites for hydroxylation is 1. The highest BCUT2D eigenvalue weighted by molar-refractivity contribution is 14.0. The van der Waals surface area contributed by atoms with Crippen LogP contribution in [-0.2, 0) is 12.5 Å². The molecule has 0 bridgehead atoms. The monoisotopic (exact) mass is 530 g/mol. The molecule has 2 aromatic rings. The van der Waals surface area contributed by atoms with Gasteiger partial charge in [0.05, 0.1) is 18.8 Å². The number of nitrogens with one attached hydrogen (secondary N) is 2. The van der Waals surface area contributed by atoms with Crippen LogP contribution in [-0.4, -0.2) is 54.4 Å². The van der Waals surface area contributed by atoms with Gasteiger partial charge in [0.2, 0.25) is 0 Å². The van der Waals surface area contributed by atoms with Crippen LogP contribution in [0, 0.1) is 0 Å². The minimum atomic E-state index is 0. The number of benzene rings is 1. The first-order valence-corrected chi connectivity index (χ1v) is 10.2. The Labute approximate surface area is 196 Å². The molecule has 3 rings (SSSR count). The van der Waals surface area contributed by atoms with E-state index in [0.717, 1.165) is 43.5 Å². The topological polar surface area (TPSA) is 57.5 Å². The van der Waals surface area contributed by atoms with Gasteiger partial charge in [0.1, 0.15) is 0 Å².